The zero-order chi connectivity index (χ0) is 12.6. The quantitative estimate of drug-likeness (QED) is 0.856. The fourth-order valence-electron chi connectivity index (χ4n) is 2.48. The lowest BCUT2D eigenvalue weighted by Crippen LogP contribution is -2.60. The average Bonchev–Trinajstić information content (AvgIpc) is 2.26. The molecule has 1 aliphatic rings. The molecule has 0 aromatic heterocycles. The Hall–Kier alpha value is -1.02. The van der Waals surface area contributed by atoms with Crippen LogP contribution in [0.15, 0.2) is 18.2 Å². The number of para-hydroxylation sites is 1. The predicted molar refractivity (Wildman–Crippen MR) is 74.6 cm³/mol. The van der Waals surface area contributed by atoms with E-state index in [2.05, 4.69) is 63.0 Å². The van der Waals surface area contributed by atoms with Gasteiger partial charge in [-0.3, -0.25) is 5.32 Å². The molecule has 0 unspecified atom stereocenters. The molecule has 1 N–H and O–H groups in total. The van der Waals surface area contributed by atoms with Gasteiger partial charge in [0.1, 0.15) is 0 Å². The van der Waals surface area contributed by atoms with Crippen molar-refractivity contribution in [2.45, 2.75) is 52.6 Å². The highest BCUT2D eigenvalue weighted by molar-refractivity contribution is 5.63. The topological polar surface area (TPSA) is 15.3 Å². The molecular formula is C15H24N2. The summed E-state index contributed by atoms with van der Waals surface area (Å²) in [6, 6.07) is 6.75. The standard InChI is InChI=1S/C15H24N2/c1-10(2)13-7-6-8-14(11(3)4)15(13)17-9-16-12(17)5/h6-8,10-12,16H,9H2,1-5H3/t12-/m1/s1. The fraction of sp³-hybridized carbons (Fsp3) is 0.600. The lowest BCUT2D eigenvalue weighted by Gasteiger charge is -2.44. The maximum Gasteiger partial charge on any atom is 0.0793 e. The van der Waals surface area contributed by atoms with E-state index in [-0.39, 0.29) is 0 Å². The third kappa shape index (κ3) is 2.19. The molecule has 2 heteroatoms. The van der Waals surface area contributed by atoms with Crippen LogP contribution >= 0.6 is 0 Å². The third-order valence-corrected chi connectivity index (χ3v) is 3.65. The summed E-state index contributed by atoms with van der Waals surface area (Å²) in [6.45, 7) is 12.3. The summed E-state index contributed by atoms with van der Waals surface area (Å²) in [6.07, 6.45) is 0.465. The molecule has 1 fully saturated rings. The highest BCUT2D eigenvalue weighted by atomic mass is 15.4. The Labute approximate surface area is 105 Å². The second-order valence-corrected chi connectivity index (χ2v) is 5.60. The average molecular weight is 232 g/mol. The van der Waals surface area contributed by atoms with E-state index in [1.54, 1.807) is 0 Å². The van der Waals surface area contributed by atoms with Crippen LogP contribution in [-0.4, -0.2) is 12.8 Å². The molecule has 0 saturated carbocycles. The van der Waals surface area contributed by atoms with Gasteiger partial charge in [0.25, 0.3) is 0 Å². The van der Waals surface area contributed by atoms with Crippen LogP contribution in [0.5, 0.6) is 0 Å². The van der Waals surface area contributed by atoms with E-state index in [4.69, 9.17) is 0 Å². The lowest BCUT2D eigenvalue weighted by molar-refractivity contribution is 0.396. The molecule has 1 aromatic carbocycles. The van der Waals surface area contributed by atoms with Crippen LogP contribution < -0.4 is 10.2 Å². The molecule has 1 aromatic rings. The first kappa shape index (κ1) is 12.4. The van der Waals surface area contributed by atoms with Crippen LogP contribution in [-0.2, 0) is 0 Å². The number of hydrogen-bond acceptors (Lipinski definition) is 2. The second-order valence-electron chi connectivity index (χ2n) is 5.60. The van der Waals surface area contributed by atoms with Crippen molar-refractivity contribution in [1.29, 1.82) is 0 Å². The maximum absolute atomic E-state index is 3.42. The van der Waals surface area contributed by atoms with Crippen LogP contribution in [0.4, 0.5) is 5.69 Å². The Balaban J connectivity index is 2.50. The van der Waals surface area contributed by atoms with Crippen molar-refractivity contribution >= 4 is 5.69 Å². The first-order valence-corrected chi connectivity index (χ1v) is 6.65. The first-order chi connectivity index (χ1) is 8.02. The summed E-state index contributed by atoms with van der Waals surface area (Å²) in [5, 5.41) is 3.42. The molecule has 0 radical (unpaired) electrons. The van der Waals surface area contributed by atoms with Crippen LogP contribution in [0.25, 0.3) is 0 Å². The van der Waals surface area contributed by atoms with E-state index in [1.165, 1.54) is 16.8 Å². The van der Waals surface area contributed by atoms with Gasteiger partial charge in [0, 0.05) is 5.69 Å². The molecule has 1 heterocycles. The Morgan fingerprint density at radius 1 is 1.12 bits per heavy atom. The van der Waals surface area contributed by atoms with Gasteiger partial charge in [-0.1, -0.05) is 45.9 Å². The highest BCUT2D eigenvalue weighted by Gasteiger charge is 2.28. The van der Waals surface area contributed by atoms with E-state index < -0.39 is 0 Å². The minimum absolute atomic E-state index is 0.465. The Morgan fingerprint density at radius 2 is 1.65 bits per heavy atom. The number of nitrogens with one attached hydrogen (secondary N) is 1. The van der Waals surface area contributed by atoms with Crippen molar-refractivity contribution in [3.63, 3.8) is 0 Å². The molecule has 0 spiro atoms. The van der Waals surface area contributed by atoms with Crippen molar-refractivity contribution in [2.75, 3.05) is 11.6 Å². The van der Waals surface area contributed by atoms with Gasteiger partial charge in [-0.25, -0.2) is 0 Å². The van der Waals surface area contributed by atoms with E-state index in [0.29, 0.717) is 18.0 Å². The molecule has 1 atom stereocenters. The van der Waals surface area contributed by atoms with Crippen molar-refractivity contribution in [1.82, 2.24) is 5.32 Å². The molecule has 0 bridgehead atoms. The van der Waals surface area contributed by atoms with Crippen LogP contribution in [0.1, 0.15) is 57.6 Å². The number of anilines is 1. The summed E-state index contributed by atoms with van der Waals surface area (Å²) in [5.41, 5.74) is 4.41. The van der Waals surface area contributed by atoms with Crippen LogP contribution in [0.2, 0.25) is 0 Å². The molecule has 0 amide bonds. The van der Waals surface area contributed by atoms with Gasteiger partial charge in [0.15, 0.2) is 0 Å². The smallest absolute Gasteiger partial charge is 0.0793 e. The Bertz CT molecular complexity index is 370. The van der Waals surface area contributed by atoms with E-state index in [1.807, 2.05) is 0 Å². The van der Waals surface area contributed by atoms with Gasteiger partial charge in [0.05, 0.1) is 12.8 Å². The molecule has 1 saturated heterocycles. The molecular weight excluding hydrogens is 208 g/mol. The van der Waals surface area contributed by atoms with Gasteiger partial charge >= 0.3 is 0 Å². The van der Waals surface area contributed by atoms with Crippen LogP contribution in [0, 0.1) is 0 Å². The van der Waals surface area contributed by atoms with Gasteiger partial charge in [0.2, 0.25) is 0 Å². The van der Waals surface area contributed by atoms with Crippen molar-refractivity contribution in [3.8, 4) is 0 Å². The highest BCUT2D eigenvalue weighted by Crippen LogP contribution is 2.37. The molecule has 17 heavy (non-hydrogen) atoms. The number of rotatable bonds is 3. The third-order valence-electron chi connectivity index (χ3n) is 3.65. The number of benzene rings is 1. The van der Waals surface area contributed by atoms with Gasteiger partial charge in [-0.15, -0.1) is 0 Å². The zero-order valence-corrected chi connectivity index (χ0v) is 11.6. The van der Waals surface area contributed by atoms with Gasteiger partial charge in [-0.2, -0.15) is 0 Å². The van der Waals surface area contributed by atoms with Crippen molar-refractivity contribution < 1.29 is 0 Å². The van der Waals surface area contributed by atoms with E-state index in [0.717, 1.165) is 6.67 Å². The van der Waals surface area contributed by atoms with Gasteiger partial charge in [-0.05, 0) is 29.9 Å². The minimum atomic E-state index is 0.465. The van der Waals surface area contributed by atoms with E-state index in [9.17, 15) is 0 Å². The maximum atomic E-state index is 3.42. The lowest BCUT2D eigenvalue weighted by atomic mass is 9.91. The van der Waals surface area contributed by atoms with Crippen molar-refractivity contribution in [3.05, 3.63) is 29.3 Å². The molecule has 2 nitrogen and oxygen atoms in total. The fourth-order valence-corrected chi connectivity index (χ4v) is 2.48. The Morgan fingerprint density at radius 3 is 1.94 bits per heavy atom. The second kappa shape index (κ2) is 4.69. The number of hydrogen-bond donors (Lipinski definition) is 1. The van der Waals surface area contributed by atoms with Crippen molar-refractivity contribution in [2.24, 2.45) is 0 Å². The largest absolute Gasteiger partial charge is 0.343 e. The summed E-state index contributed by atoms with van der Waals surface area (Å²) >= 11 is 0. The number of nitrogens with zero attached hydrogens (tertiary/aromatic N) is 1. The minimum Gasteiger partial charge on any atom is -0.343 e. The molecule has 94 valence electrons. The summed E-state index contributed by atoms with van der Waals surface area (Å²) in [7, 11) is 0. The Kier molecular flexibility index (Phi) is 3.43. The molecule has 1 aliphatic heterocycles. The zero-order valence-electron chi connectivity index (χ0n) is 11.6. The summed E-state index contributed by atoms with van der Waals surface area (Å²) in [4.78, 5) is 2.48. The summed E-state index contributed by atoms with van der Waals surface area (Å²) < 4.78 is 0. The normalized spacial score (nSPS) is 19.9. The first-order valence-electron chi connectivity index (χ1n) is 6.65. The molecule has 0 aliphatic carbocycles. The van der Waals surface area contributed by atoms with Gasteiger partial charge < -0.3 is 4.90 Å². The monoisotopic (exact) mass is 232 g/mol. The van der Waals surface area contributed by atoms with E-state index >= 15 is 0 Å². The SMILES string of the molecule is CC(C)c1cccc(C(C)C)c1N1CN[C@H]1C. The predicted octanol–water partition coefficient (Wildman–Crippen LogP) is 3.65. The molecule has 2 rings (SSSR count). The summed E-state index contributed by atoms with van der Waals surface area (Å²) in [5.74, 6) is 1.16. The van der Waals surface area contributed by atoms with Crippen LogP contribution in [0.3, 0.4) is 0 Å².